The van der Waals surface area contributed by atoms with Crippen molar-refractivity contribution in [3.05, 3.63) is 29.6 Å². The first kappa shape index (κ1) is 13.2. The molecule has 1 heterocycles. The van der Waals surface area contributed by atoms with Gasteiger partial charge in [0, 0.05) is 0 Å². The van der Waals surface area contributed by atoms with Crippen LogP contribution < -0.4 is 10.1 Å². The molecule has 0 aliphatic carbocycles. The second-order valence-electron chi connectivity index (χ2n) is 4.58. The van der Waals surface area contributed by atoms with Gasteiger partial charge >= 0.3 is 0 Å². The van der Waals surface area contributed by atoms with Crippen LogP contribution >= 0.6 is 0 Å². The third-order valence-corrected chi connectivity index (χ3v) is 3.36. The fourth-order valence-corrected chi connectivity index (χ4v) is 2.21. The Morgan fingerprint density at radius 2 is 1.83 bits per heavy atom. The van der Waals surface area contributed by atoms with Crippen LogP contribution in [0, 0.1) is 23.4 Å². The van der Waals surface area contributed by atoms with Crippen molar-refractivity contribution in [3.8, 4) is 5.75 Å². The minimum atomic E-state index is -1.48. The van der Waals surface area contributed by atoms with Gasteiger partial charge < -0.3 is 10.1 Å². The Hall–Kier alpha value is -1.23. The highest BCUT2D eigenvalue weighted by atomic mass is 19.2. The van der Waals surface area contributed by atoms with E-state index >= 15 is 0 Å². The molecule has 1 fully saturated rings. The molecular formula is C13H16F3NO. The number of hydrogen-bond donors (Lipinski definition) is 1. The summed E-state index contributed by atoms with van der Waals surface area (Å²) in [5.74, 6) is -3.85. The molecule has 1 unspecified atom stereocenters. The van der Waals surface area contributed by atoms with Gasteiger partial charge in [-0.3, -0.25) is 0 Å². The fourth-order valence-electron chi connectivity index (χ4n) is 2.21. The van der Waals surface area contributed by atoms with Crippen molar-refractivity contribution < 1.29 is 17.9 Å². The highest BCUT2D eigenvalue weighted by molar-refractivity contribution is 5.26. The lowest BCUT2D eigenvalue weighted by molar-refractivity contribution is 0.121. The van der Waals surface area contributed by atoms with Crippen LogP contribution in [0.1, 0.15) is 19.8 Å². The quantitative estimate of drug-likeness (QED) is 0.843. The van der Waals surface area contributed by atoms with Crippen LogP contribution in [0.15, 0.2) is 12.1 Å². The highest BCUT2D eigenvalue weighted by Crippen LogP contribution is 2.26. The number of ether oxygens (including phenoxy) is 1. The van der Waals surface area contributed by atoms with Crippen molar-refractivity contribution in [2.75, 3.05) is 13.1 Å². The molecule has 18 heavy (non-hydrogen) atoms. The monoisotopic (exact) mass is 259 g/mol. The maximum atomic E-state index is 13.4. The van der Waals surface area contributed by atoms with E-state index in [9.17, 15) is 13.2 Å². The number of hydrogen-bond acceptors (Lipinski definition) is 2. The lowest BCUT2D eigenvalue weighted by atomic mass is 9.93. The lowest BCUT2D eigenvalue weighted by Crippen LogP contribution is -2.35. The van der Waals surface area contributed by atoms with E-state index in [1.807, 2.05) is 6.92 Å². The summed E-state index contributed by atoms with van der Waals surface area (Å²) in [6.07, 6.45) is 1.66. The number of benzene rings is 1. The molecule has 2 nitrogen and oxygen atoms in total. The van der Waals surface area contributed by atoms with Crippen molar-refractivity contribution in [3.63, 3.8) is 0 Å². The van der Waals surface area contributed by atoms with E-state index in [-0.39, 0.29) is 11.9 Å². The van der Waals surface area contributed by atoms with Crippen LogP contribution in [0.5, 0.6) is 5.75 Å². The molecule has 0 saturated carbocycles. The first-order chi connectivity index (χ1) is 8.59. The summed E-state index contributed by atoms with van der Waals surface area (Å²) >= 11 is 0. The van der Waals surface area contributed by atoms with Gasteiger partial charge in [-0.1, -0.05) is 0 Å². The Morgan fingerprint density at radius 3 is 2.50 bits per heavy atom. The van der Waals surface area contributed by atoms with Crippen LogP contribution in [-0.4, -0.2) is 19.2 Å². The molecule has 1 aromatic carbocycles. The lowest BCUT2D eigenvalue weighted by Gasteiger charge is -2.28. The first-order valence-corrected chi connectivity index (χ1v) is 6.10. The second kappa shape index (κ2) is 5.61. The summed E-state index contributed by atoms with van der Waals surface area (Å²) < 4.78 is 44.7. The largest absolute Gasteiger partial charge is 0.487 e. The summed E-state index contributed by atoms with van der Waals surface area (Å²) in [6.45, 7) is 3.63. The molecule has 0 bridgehead atoms. The molecule has 1 aliphatic heterocycles. The van der Waals surface area contributed by atoms with Gasteiger partial charge in [0.25, 0.3) is 0 Å². The Balaban J connectivity index is 2.06. The average Bonchev–Trinajstić information content (AvgIpc) is 2.40. The summed E-state index contributed by atoms with van der Waals surface area (Å²) in [7, 11) is 0. The van der Waals surface area contributed by atoms with E-state index in [1.54, 1.807) is 0 Å². The minimum absolute atomic E-state index is 0.216. The molecule has 1 aromatic rings. The molecule has 0 aromatic heterocycles. The molecule has 1 aliphatic rings. The smallest absolute Gasteiger partial charge is 0.203 e. The number of nitrogens with one attached hydrogen (secondary N) is 1. The van der Waals surface area contributed by atoms with E-state index in [0.717, 1.165) is 38.1 Å². The minimum Gasteiger partial charge on any atom is -0.487 e. The number of piperidine rings is 1. The van der Waals surface area contributed by atoms with Gasteiger partial charge in [-0.05, 0) is 50.9 Å². The average molecular weight is 259 g/mol. The Bertz CT molecular complexity index is 419. The Labute approximate surface area is 104 Å². The van der Waals surface area contributed by atoms with Crippen LogP contribution in [0.2, 0.25) is 0 Å². The molecule has 2 rings (SSSR count). The van der Waals surface area contributed by atoms with E-state index in [1.165, 1.54) is 0 Å². The van der Waals surface area contributed by atoms with Crippen molar-refractivity contribution in [1.29, 1.82) is 0 Å². The van der Waals surface area contributed by atoms with E-state index in [0.29, 0.717) is 5.92 Å². The molecule has 5 heteroatoms. The zero-order valence-corrected chi connectivity index (χ0v) is 10.2. The molecule has 1 saturated heterocycles. The van der Waals surface area contributed by atoms with Gasteiger partial charge in [0.2, 0.25) is 5.82 Å². The summed E-state index contributed by atoms with van der Waals surface area (Å²) in [5.41, 5.74) is 0. The topological polar surface area (TPSA) is 21.3 Å². The fraction of sp³-hybridized carbons (Fsp3) is 0.538. The normalized spacial score (nSPS) is 18.7. The van der Waals surface area contributed by atoms with Crippen molar-refractivity contribution in [2.24, 2.45) is 5.92 Å². The molecule has 1 N–H and O–H groups in total. The van der Waals surface area contributed by atoms with Gasteiger partial charge in [-0.25, -0.2) is 8.78 Å². The maximum absolute atomic E-state index is 13.4. The summed E-state index contributed by atoms with van der Waals surface area (Å²) in [6, 6.07) is 2.01. The van der Waals surface area contributed by atoms with Gasteiger partial charge in [0.15, 0.2) is 17.4 Å². The third-order valence-electron chi connectivity index (χ3n) is 3.36. The molecule has 0 spiro atoms. The van der Waals surface area contributed by atoms with Crippen LogP contribution in [0.4, 0.5) is 13.2 Å². The highest BCUT2D eigenvalue weighted by Gasteiger charge is 2.23. The zero-order valence-electron chi connectivity index (χ0n) is 10.2. The first-order valence-electron chi connectivity index (χ1n) is 6.10. The standard InChI is InChI=1S/C13H16F3NO/c1-8(9-4-6-17-7-5-9)18-11-3-2-10(14)12(15)13(11)16/h2-3,8-9,17H,4-7H2,1H3. The maximum Gasteiger partial charge on any atom is 0.203 e. The van der Waals surface area contributed by atoms with Gasteiger partial charge in [-0.2, -0.15) is 4.39 Å². The number of rotatable bonds is 3. The molecular weight excluding hydrogens is 243 g/mol. The van der Waals surface area contributed by atoms with Crippen molar-refractivity contribution in [2.45, 2.75) is 25.9 Å². The van der Waals surface area contributed by atoms with Crippen LogP contribution in [-0.2, 0) is 0 Å². The van der Waals surface area contributed by atoms with Gasteiger partial charge in [-0.15, -0.1) is 0 Å². The summed E-state index contributed by atoms with van der Waals surface area (Å²) in [5, 5.41) is 3.22. The van der Waals surface area contributed by atoms with E-state index in [4.69, 9.17) is 4.74 Å². The van der Waals surface area contributed by atoms with Crippen LogP contribution in [0.25, 0.3) is 0 Å². The Morgan fingerprint density at radius 1 is 1.17 bits per heavy atom. The second-order valence-corrected chi connectivity index (χ2v) is 4.58. The molecule has 1 atom stereocenters. The third kappa shape index (κ3) is 2.77. The van der Waals surface area contributed by atoms with Crippen molar-refractivity contribution in [1.82, 2.24) is 5.32 Å². The predicted octanol–water partition coefficient (Wildman–Crippen LogP) is 2.87. The van der Waals surface area contributed by atoms with Crippen molar-refractivity contribution >= 4 is 0 Å². The predicted molar refractivity (Wildman–Crippen MR) is 62.0 cm³/mol. The van der Waals surface area contributed by atoms with E-state index in [2.05, 4.69) is 5.32 Å². The zero-order chi connectivity index (χ0) is 13.1. The molecule has 0 amide bonds. The summed E-state index contributed by atoms with van der Waals surface area (Å²) in [4.78, 5) is 0. The number of halogens is 3. The molecule has 100 valence electrons. The van der Waals surface area contributed by atoms with E-state index < -0.39 is 17.5 Å². The Kier molecular flexibility index (Phi) is 4.11. The SMILES string of the molecule is CC(Oc1ccc(F)c(F)c1F)C1CCNCC1. The van der Waals surface area contributed by atoms with Crippen LogP contribution in [0.3, 0.4) is 0 Å². The van der Waals surface area contributed by atoms with Gasteiger partial charge in [0.1, 0.15) is 0 Å². The van der Waals surface area contributed by atoms with Gasteiger partial charge in [0.05, 0.1) is 6.10 Å². The molecule has 0 radical (unpaired) electrons.